The lowest BCUT2D eigenvalue weighted by molar-refractivity contribution is -0.138. The van der Waals surface area contributed by atoms with E-state index in [0.717, 1.165) is 31.6 Å². The number of aromatic amines is 1. The Morgan fingerprint density at radius 3 is 2.59 bits per heavy atom. The molecule has 2 rings (SSSR count). The van der Waals surface area contributed by atoms with Crippen LogP contribution in [0.3, 0.4) is 0 Å². The molecule has 0 bridgehead atoms. The van der Waals surface area contributed by atoms with Crippen LogP contribution in [0.1, 0.15) is 30.9 Å². The molecule has 0 spiro atoms. The first-order valence-electron chi connectivity index (χ1n) is 5.83. The highest BCUT2D eigenvalue weighted by molar-refractivity contribution is 5.06. The van der Waals surface area contributed by atoms with Gasteiger partial charge in [-0.3, -0.25) is 5.10 Å². The third kappa shape index (κ3) is 3.73. The number of likely N-dealkylation sites (tertiary alicyclic amines) is 1. The van der Waals surface area contributed by atoms with E-state index in [4.69, 9.17) is 0 Å². The van der Waals surface area contributed by atoms with Crippen molar-refractivity contribution >= 4 is 0 Å². The zero-order valence-electron chi connectivity index (χ0n) is 9.50. The SMILES string of the molecule is FC(F)(F)CCN1CCC(c2ccn[nH]2)CC1. The van der Waals surface area contributed by atoms with Gasteiger partial charge in [0, 0.05) is 24.4 Å². The molecule has 0 saturated carbocycles. The molecular weight excluding hydrogens is 231 g/mol. The Balaban J connectivity index is 1.75. The van der Waals surface area contributed by atoms with Crippen molar-refractivity contribution in [3.05, 3.63) is 18.0 Å². The van der Waals surface area contributed by atoms with Gasteiger partial charge in [0.2, 0.25) is 0 Å². The first-order chi connectivity index (χ1) is 8.04. The van der Waals surface area contributed by atoms with Gasteiger partial charge in [-0.15, -0.1) is 0 Å². The van der Waals surface area contributed by atoms with Crippen LogP contribution in [0.5, 0.6) is 0 Å². The summed E-state index contributed by atoms with van der Waals surface area (Å²) in [5.74, 6) is 0.416. The van der Waals surface area contributed by atoms with Crippen LogP contribution in [0.4, 0.5) is 13.2 Å². The lowest BCUT2D eigenvalue weighted by atomic mass is 9.93. The minimum atomic E-state index is -4.04. The Morgan fingerprint density at radius 1 is 1.35 bits per heavy atom. The number of halogens is 3. The average Bonchev–Trinajstić information content (AvgIpc) is 2.79. The molecule has 6 heteroatoms. The second-order valence-corrected chi connectivity index (χ2v) is 4.49. The molecule has 3 nitrogen and oxygen atoms in total. The molecule has 1 saturated heterocycles. The average molecular weight is 247 g/mol. The topological polar surface area (TPSA) is 31.9 Å². The summed E-state index contributed by atoms with van der Waals surface area (Å²) >= 11 is 0. The van der Waals surface area contributed by atoms with Crippen LogP contribution in [0.2, 0.25) is 0 Å². The lowest BCUT2D eigenvalue weighted by Gasteiger charge is -2.31. The van der Waals surface area contributed by atoms with Crippen molar-refractivity contribution < 1.29 is 13.2 Å². The Hall–Kier alpha value is -1.04. The van der Waals surface area contributed by atoms with Gasteiger partial charge in [-0.1, -0.05) is 0 Å². The van der Waals surface area contributed by atoms with Gasteiger partial charge in [0.05, 0.1) is 6.42 Å². The number of H-pyrrole nitrogens is 1. The molecule has 96 valence electrons. The number of nitrogens with zero attached hydrogens (tertiary/aromatic N) is 2. The van der Waals surface area contributed by atoms with Crippen molar-refractivity contribution in [2.45, 2.75) is 31.4 Å². The molecule has 1 aromatic heterocycles. The summed E-state index contributed by atoms with van der Waals surface area (Å²) in [6.07, 6.45) is -1.23. The molecule has 1 N–H and O–H groups in total. The van der Waals surface area contributed by atoms with Crippen molar-refractivity contribution in [3.8, 4) is 0 Å². The van der Waals surface area contributed by atoms with E-state index in [1.54, 1.807) is 6.20 Å². The summed E-state index contributed by atoms with van der Waals surface area (Å²) in [4.78, 5) is 1.89. The zero-order chi connectivity index (χ0) is 12.3. The van der Waals surface area contributed by atoms with E-state index in [-0.39, 0.29) is 6.54 Å². The number of aromatic nitrogens is 2. The van der Waals surface area contributed by atoms with E-state index in [1.165, 1.54) is 0 Å². The maximum Gasteiger partial charge on any atom is 0.390 e. The molecule has 0 atom stereocenters. The molecule has 0 radical (unpaired) electrons. The minimum Gasteiger partial charge on any atom is -0.303 e. The highest BCUT2D eigenvalue weighted by Gasteiger charge is 2.29. The van der Waals surface area contributed by atoms with E-state index < -0.39 is 12.6 Å². The van der Waals surface area contributed by atoms with Crippen molar-refractivity contribution in [1.82, 2.24) is 15.1 Å². The Labute approximate surface area is 98.0 Å². The fourth-order valence-corrected chi connectivity index (χ4v) is 2.25. The van der Waals surface area contributed by atoms with E-state index >= 15 is 0 Å². The van der Waals surface area contributed by atoms with Gasteiger partial charge in [0.15, 0.2) is 0 Å². The third-order valence-electron chi connectivity index (χ3n) is 3.26. The maximum atomic E-state index is 12.1. The molecule has 1 fully saturated rings. The fourth-order valence-electron chi connectivity index (χ4n) is 2.25. The summed E-state index contributed by atoms with van der Waals surface area (Å²) in [5.41, 5.74) is 1.10. The van der Waals surface area contributed by atoms with Crippen LogP contribution >= 0.6 is 0 Å². The maximum absolute atomic E-state index is 12.1. The van der Waals surface area contributed by atoms with E-state index in [0.29, 0.717) is 5.92 Å². The number of rotatable bonds is 3. The standard InChI is InChI=1S/C11H16F3N3/c12-11(13,14)4-8-17-6-2-9(3-7-17)10-1-5-15-16-10/h1,5,9H,2-4,6-8H2,(H,15,16). The van der Waals surface area contributed by atoms with Gasteiger partial charge in [-0.2, -0.15) is 18.3 Å². The van der Waals surface area contributed by atoms with Gasteiger partial charge in [0.1, 0.15) is 0 Å². The Bertz CT molecular complexity index is 326. The molecule has 0 aliphatic carbocycles. The number of hydrogen-bond acceptors (Lipinski definition) is 2. The van der Waals surface area contributed by atoms with Crippen LogP contribution < -0.4 is 0 Å². The van der Waals surface area contributed by atoms with Gasteiger partial charge < -0.3 is 4.90 Å². The number of alkyl halides is 3. The van der Waals surface area contributed by atoms with Crippen molar-refractivity contribution in [3.63, 3.8) is 0 Å². The summed E-state index contributed by atoms with van der Waals surface area (Å²) in [6.45, 7) is 1.60. The predicted octanol–water partition coefficient (Wildman–Crippen LogP) is 2.54. The molecule has 0 aromatic carbocycles. The van der Waals surface area contributed by atoms with Gasteiger partial charge in [-0.25, -0.2) is 0 Å². The molecule has 17 heavy (non-hydrogen) atoms. The molecular formula is C11H16F3N3. The number of hydrogen-bond donors (Lipinski definition) is 1. The molecule has 2 heterocycles. The molecule has 1 aliphatic rings. The minimum absolute atomic E-state index is 0.124. The first-order valence-corrected chi connectivity index (χ1v) is 5.83. The Morgan fingerprint density at radius 2 is 2.06 bits per heavy atom. The second kappa shape index (κ2) is 5.08. The molecule has 0 unspecified atom stereocenters. The smallest absolute Gasteiger partial charge is 0.303 e. The number of nitrogens with one attached hydrogen (secondary N) is 1. The fraction of sp³-hybridized carbons (Fsp3) is 0.727. The van der Waals surface area contributed by atoms with Gasteiger partial charge >= 0.3 is 6.18 Å². The highest BCUT2D eigenvalue weighted by Crippen LogP contribution is 2.27. The number of piperidine rings is 1. The quantitative estimate of drug-likeness (QED) is 0.890. The summed E-state index contributed by atoms with van der Waals surface area (Å²) in [6, 6.07) is 1.94. The molecule has 1 aliphatic heterocycles. The summed E-state index contributed by atoms with van der Waals surface area (Å²) in [7, 11) is 0. The molecule has 0 amide bonds. The molecule has 1 aromatic rings. The third-order valence-corrected chi connectivity index (χ3v) is 3.26. The van der Waals surface area contributed by atoms with Crippen molar-refractivity contribution in [1.29, 1.82) is 0 Å². The summed E-state index contributed by atoms with van der Waals surface area (Å²) in [5, 5.41) is 6.83. The second-order valence-electron chi connectivity index (χ2n) is 4.49. The van der Waals surface area contributed by atoms with Crippen LogP contribution in [0, 0.1) is 0 Å². The normalized spacial score (nSPS) is 19.7. The van der Waals surface area contributed by atoms with E-state index in [2.05, 4.69) is 10.2 Å². The van der Waals surface area contributed by atoms with Gasteiger partial charge in [0.25, 0.3) is 0 Å². The Kier molecular flexibility index (Phi) is 3.71. The highest BCUT2D eigenvalue weighted by atomic mass is 19.4. The summed E-state index contributed by atoms with van der Waals surface area (Å²) < 4.78 is 36.2. The van der Waals surface area contributed by atoms with Crippen molar-refractivity contribution in [2.24, 2.45) is 0 Å². The lowest BCUT2D eigenvalue weighted by Crippen LogP contribution is -2.35. The van der Waals surface area contributed by atoms with Crippen LogP contribution in [-0.2, 0) is 0 Å². The monoisotopic (exact) mass is 247 g/mol. The van der Waals surface area contributed by atoms with Crippen LogP contribution in [-0.4, -0.2) is 40.9 Å². The van der Waals surface area contributed by atoms with E-state index in [9.17, 15) is 13.2 Å². The van der Waals surface area contributed by atoms with Crippen LogP contribution in [0.25, 0.3) is 0 Å². The zero-order valence-corrected chi connectivity index (χ0v) is 9.50. The van der Waals surface area contributed by atoms with Crippen molar-refractivity contribution in [2.75, 3.05) is 19.6 Å². The van der Waals surface area contributed by atoms with E-state index in [1.807, 2.05) is 11.0 Å². The van der Waals surface area contributed by atoms with Crippen LogP contribution in [0.15, 0.2) is 12.3 Å². The largest absolute Gasteiger partial charge is 0.390 e. The van der Waals surface area contributed by atoms with Gasteiger partial charge in [-0.05, 0) is 32.0 Å². The first kappa shape index (κ1) is 12.4. The predicted molar refractivity (Wildman–Crippen MR) is 57.7 cm³/mol.